The summed E-state index contributed by atoms with van der Waals surface area (Å²) in [7, 11) is 0. The van der Waals surface area contributed by atoms with Crippen molar-refractivity contribution in [1.29, 1.82) is 0 Å². The normalized spacial score (nSPS) is 10.7. The van der Waals surface area contributed by atoms with E-state index in [1.165, 1.54) is 6.08 Å². The second-order valence-corrected chi connectivity index (χ2v) is 3.70. The van der Waals surface area contributed by atoms with Crippen molar-refractivity contribution in [2.24, 2.45) is 0 Å². The molecular formula is C14H18O4. The highest BCUT2D eigenvalue weighted by atomic mass is 16.5. The van der Waals surface area contributed by atoms with Gasteiger partial charge in [-0.1, -0.05) is 19.1 Å². The molecule has 0 unspecified atom stereocenters. The molecule has 0 aliphatic rings. The minimum atomic E-state index is -0.955. The maximum atomic E-state index is 10.3. The standard InChI is InChI=1S/C14H18O4/c1-2-9-17-10-11-18-13-6-3-12(4-7-13)5-8-14(15)16/h3-8H,2,9-11H2,1H3,(H,15,16). The molecule has 0 aliphatic heterocycles. The van der Waals surface area contributed by atoms with Crippen LogP contribution in [0.3, 0.4) is 0 Å². The summed E-state index contributed by atoms with van der Waals surface area (Å²) in [5.41, 5.74) is 0.826. The average molecular weight is 250 g/mol. The Morgan fingerprint density at radius 3 is 2.56 bits per heavy atom. The molecule has 0 amide bonds. The van der Waals surface area contributed by atoms with Crippen LogP contribution in [0.2, 0.25) is 0 Å². The number of hydrogen-bond donors (Lipinski definition) is 1. The summed E-state index contributed by atoms with van der Waals surface area (Å²) < 4.78 is 10.8. The van der Waals surface area contributed by atoms with Gasteiger partial charge >= 0.3 is 5.97 Å². The topological polar surface area (TPSA) is 55.8 Å². The van der Waals surface area contributed by atoms with E-state index in [4.69, 9.17) is 14.6 Å². The SMILES string of the molecule is CCCOCCOc1ccc(C=CC(=O)O)cc1. The molecule has 0 heterocycles. The second-order valence-electron chi connectivity index (χ2n) is 3.70. The molecular weight excluding hydrogens is 232 g/mol. The molecule has 0 saturated carbocycles. The Hall–Kier alpha value is -1.81. The number of carboxylic acids is 1. The predicted molar refractivity (Wildman–Crippen MR) is 69.7 cm³/mol. The lowest BCUT2D eigenvalue weighted by Gasteiger charge is -2.06. The molecule has 0 aliphatic carbocycles. The zero-order valence-corrected chi connectivity index (χ0v) is 10.5. The monoisotopic (exact) mass is 250 g/mol. The fourth-order valence-electron chi connectivity index (χ4n) is 1.31. The van der Waals surface area contributed by atoms with Crippen molar-refractivity contribution in [3.63, 3.8) is 0 Å². The molecule has 1 N–H and O–H groups in total. The Labute approximate surface area is 107 Å². The van der Waals surface area contributed by atoms with Crippen LogP contribution in [0.25, 0.3) is 6.08 Å². The van der Waals surface area contributed by atoms with Crippen LogP contribution in [-0.4, -0.2) is 30.9 Å². The van der Waals surface area contributed by atoms with Crippen LogP contribution >= 0.6 is 0 Å². The summed E-state index contributed by atoms with van der Waals surface area (Å²) in [5.74, 6) is -0.203. The van der Waals surface area contributed by atoms with Crippen molar-refractivity contribution < 1.29 is 19.4 Å². The van der Waals surface area contributed by atoms with Crippen molar-refractivity contribution in [2.45, 2.75) is 13.3 Å². The third-order valence-corrected chi connectivity index (χ3v) is 2.14. The Morgan fingerprint density at radius 2 is 1.94 bits per heavy atom. The van der Waals surface area contributed by atoms with Crippen LogP contribution < -0.4 is 4.74 Å². The van der Waals surface area contributed by atoms with Gasteiger partial charge in [0.15, 0.2) is 0 Å². The quantitative estimate of drug-likeness (QED) is 0.569. The Bertz CT molecular complexity index is 381. The lowest BCUT2D eigenvalue weighted by atomic mass is 10.2. The van der Waals surface area contributed by atoms with Crippen molar-refractivity contribution in [3.05, 3.63) is 35.9 Å². The third kappa shape index (κ3) is 6.06. The summed E-state index contributed by atoms with van der Waals surface area (Å²) in [6, 6.07) is 7.23. The van der Waals surface area contributed by atoms with Gasteiger partial charge in [-0.25, -0.2) is 4.79 Å². The molecule has 4 nitrogen and oxygen atoms in total. The lowest BCUT2D eigenvalue weighted by molar-refractivity contribution is -0.131. The van der Waals surface area contributed by atoms with Gasteiger partial charge in [0.25, 0.3) is 0 Å². The zero-order chi connectivity index (χ0) is 13.2. The van der Waals surface area contributed by atoms with Crippen LogP contribution in [-0.2, 0) is 9.53 Å². The molecule has 1 aromatic carbocycles. The van der Waals surface area contributed by atoms with Gasteiger partial charge in [-0.05, 0) is 30.2 Å². The summed E-state index contributed by atoms with van der Waals surface area (Å²) in [6.45, 7) is 3.91. The highest BCUT2D eigenvalue weighted by molar-refractivity contribution is 5.85. The van der Waals surface area contributed by atoms with Crippen molar-refractivity contribution in [2.75, 3.05) is 19.8 Å². The van der Waals surface area contributed by atoms with Crippen molar-refractivity contribution in [1.82, 2.24) is 0 Å². The van der Waals surface area contributed by atoms with E-state index in [0.717, 1.165) is 30.4 Å². The van der Waals surface area contributed by atoms with Gasteiger partial charge < -0.3 is 14.6 Å². The van der Waals surface area contributed by atoms with Gasteiger partial charge in [0.1, 0.15) is 12.4 Å². The van der Waals surface area contributed by atoms with E-state index in [9.17, 15) is 4.79 Å². The fraction of sp³-hybridized carbons (Fsp3) is 0.357. The molecule has 1 aromatic rings. The summed E-state index contributed by atoms with van der Waals surface area (Å²) >= 11 is 0. The van der Waals surface area contributed by atoms with E-state index in [2.05, 4.69) is 6.92 Å². The van der Waals surface area contributed by atoms with E-state index >= 15 is 0 Å². The van der Waals surface area contributed by atoms with Crippen molar-refractivity contribution in [3.8, 4) is 5.75 Å². The van der Waals surface area contributed by atoms with E-state index in [0.29, 0.717) is 13.2 Å². The van der Waals surface area contributed by atoms with Gasteiger partial charge in [0, 0.05) is 12.7 Å². The van der Waals surface area contributed by atoms with E-state index in [1.54, 1.807) is 12.1 Å². The summed E-state index contributed by atoms with van der Waals surface area (Å²) in [4.78, 5) is 10.3. The fourth-order valence-corrected chi connectivity index (χ4v) is 1.31. The van der Waals surface area contributed by atoms with Gasteiger partial charge in [0.2, 0.25) is 0 Å². The number of hydrogen-bond acceptors (Lipinski definition) is 3. The van der Waals surface area contributed by atoms with Gasteiger partial charge in [-0.15, -0.1) is 0 Å². The molecule has 0 atom stereocenters. The molecule has 98 valence electrons. The van der Waals surface area contributed by atoms with Crippen LogP contribution in [0.15, 0.2) is 30.3 Å². The highest BCUT2D eigenvalue weighted by Crippen LogP contribution is 2.13. The first-order valence-electron chi connectivity index (χ1n) is 5.94. The zero-order valence-electron chi connectivity index (χ0n) is 10.5. The van der Waals surface area contributed by atoms with E-state index in [1.807, 2.05) is 12.1 Å². The Kier molecular flexibility index (Phi) is 6.58. The smallest absolute Gasteiger partial charge is 0.328 e. The molecule has 0 aromatic heterocycles. The molecule has 0 fully saturated rings. The van der Waals surface area contributed by atoms with Crippen LogP contribution in [0.5, 0.6) is 5.75 Å². The van der Waals surface area contributed by atoms with Crippen molar-refractivity contribution >= 4 is 12.0 Å². The minimum Gasteiger partial charge on any atom is -0.491 e. The molecule has 18 heavy (non-hydrogen) atoms. The molecule has 0 bridgehead atoms. The van der Waals surface area contributed by atoms with Gasteiger partial charge in [-0.2, -0.15) is 0 Å². The van der Waals surface area contributed by atoms with Gasteiger partial charge in [-0.3, -0.25) is 0 Å². The third-order valence-electron chi connectivity index (χ3n) is 2.14. The molecule has 0 radical (unpaired) electrons. The number of ether oxygens (including phenoxy) is 2. The molecule has 0 spiro atoms. The average Bonchev–Trinajstić information content (AvgIpc) is 2.37. The number of carboxylic acid groups (broad SMARTS) is 1. The molecule has 4 heteroatoms. The summed E-state index contributed by atoms with van der Waals surface area (Å²) in [6.07, 6.45) is 3.65. The number of rotatable bonds is 8. The first-order chi connectivity index (χ1) is 8.72. The Balaban J connectivity index is 2.34. The predicted octanol–water partition coefficient (Wildman–Crippen LogP) is 2.59. The van der Waals surface area contributed by atoms with Crippen LogP contribution in [0, 0.1) is 0 Å². The number of benzene rings is 1. The maximum Gasteiger partial charge on any atom is 0.328 e. The highest BCUT2D eigenvalue weighted by Gasteiger charge is 1.94. The summed E-state index contributed by atoms with van der Waals surface area (Å²) in [5, 5.41) is 8.49. The Morgan fingerprint density at radius 1 is 1.22 bits per heavy atom. The van der Waals surface area contributed by atoms with E-state index in [-0.39, 0.29) is 0 Å². The van der Waals surface area contributed by atoms with Crippen LogP contribution in [0.4, 0.5) is 0 Å². The largest absolute Gasteiger partial charge is 0.491 e. The maximum absolute atomic E-state index is 10.3. The second kappa shape index (κ2) is 8.31. The van der Waals surface area contributed by atoms with Gasteiger partial charge in [0.05, 0.1) is 6.61 Å². The number of carbonyl (C=O) groups is 1. The first-order valence-corrected chi connectivity index (χ1v) is 5.94. The van der Waals surface area contributed by atoms with Crippen LogP contribution in [0.1, 0.15) is 18.9 Å². The lowest BCUT2D eigenvalue weighted by Crippen LogP contribution is -2.06. The van der Waals surface area contributed by atoms with E-state index < -0.39 is 5.97 Å². The molecule has 1 rings (SSSR count). The minimum absolute atomic E-state index is 0.518. The number of aliphatic carboxylic acids is 1. The molecule has 0 saturated heterocycles. The first kappa shape index (κ1) is 14.3.